The molecule has 1 aliphatic rings. The molecule has 1 fully saturated rings. The summed E-state index contributed by atoms with van der Waals surface area (Å²) in [5, 5.41) is 2.17. The largest absolute Gasteiger partial charge is 0.406 e. The number of rotatable bonds is 4. The maximum atomic E-state index is 12.0. The summed E-state index contributed by atoms with van der Waals surface area (Å²) in [5.74, 6) is -0.862. The predicted octanol–water partition coefficient (Wildman–Crippen LogP) is 0.506. The van der Waals surface area contributed by atoms with Crippen molar-refractivity contribution in [3.8, 4) is 0 Å². The summed E-state index contributed by atoms with van der Waals surface area (Å²) in [4.78, 5) is 22.6. The number of alkyl halides is 3. The Balaban J connectivity index is 2.61. The monoisotopic (exact) mass is 240 g/mol. The van der Waals surface area contributed by atoms with Crippen molar-refractivity contribution < 1.29 is 27.5 Å². The molecule has 8 heteroatoms. The average Bonchev–Trinajstić information content (AvgIpc) is 2.40. The van der Waals surface area contributed by atoms with Crippen molar-refractivity contribution in [3.63, 3.8) is 0 Å². The van der Waals surface area contributed by atoms with E-state index in [1.165, 1.54) is 7.11 Å². The molecule has 92 valence electrons. The molecule has 0 aromatic heterocycles. The molecule has 0 aromatic carbocycles. The molecule has 0 saturated carbocycles. The lowest BCUT2D eigenvalue weighted by molar-refractivity contribution is -0.153. The van der Waals surface area contributed by atoms with Gasteiger partial charge in [0.25, 0.3) is 5.91 Å². The second-order valence-corrected chi connectivity index (χ2v) is 3.32. The molecular weight excluding hydrogens is 229 g/mol. The number of amides is 3. The number of urea groups is 1. The van der Waals surface area contributed by atoms with Crippen LogP contribution in [0.5, 0.6) is 0 Å². The maximum absolute atomic E-state index is 12.0. The first-order valence-electron chi connectivity index (χ1n) is 4.52. The van der Waals surface area contributed by atoms with E-state index in [1.807, 2.05) is 0 Å². The molecule has 0 radical (unpaired) electrons. The van der Waals surface area contributed by atoms with E-state index < -0.39 is 30.7 Å². The van der Waals surface area contributed by atoms with E-state index in [0.29, 0.717) is 0 Å². The Hall–Kier alpha value is -1.31. The van der Waals surface area contributed by atoms with Crippen LogP contribution in [0, 0.1) is 0 Å². The van der Waals surface area contributed by atoms with Gasteiger partial charge in [0, 0.05) is 20.1 Å². The zero-order valence-electron chi connectivity index (χ0n) is 8.50. The first-order valence-corrected chi connectivity index (χ1v) is 4.52. The number of imide groups is 1. The molecule has 0 aromatic rings. The lowest BCUT2D eigenvalue weighted by atomic mass is 10.2. The van der Waals surface area contributed by atoms with E-state index in [1.54, 1.807) is 0 Å². The average molecular weight is 240 g/mol. The second kappa shape index (κ2) is 4.69. The van der Waals surface area contributed by atoms with Gasteiger partial charge in [-0.3, -0.25) is 9.69 Å². The van der Waals surface area contributed by atoms with Crippen molar-refractivity contribution >= 4 is 11.9 Å². The molecule has 1 unspecified atom stereocenters. The number of nitrogens with one attached hydrogen (secondary N) is 1. The molecule has 16 heavy (non-hydrogen) atoms. The highest BCUT2D eigenvalue weighted by atomic mass is 19.4. The van der Waals surface area contributed by atoms with Crippen LogP contribution in [0.3, 0.4) is 0 Å². The Bertz CT molecular complexity index is 293. The third kappa shape index (κ3) is 3.09. The lowest BCUT2D eigenvalue weighted by Crippen LogP contribution is -2.39. The second-order valence-electron chi connectivity index (χ2n) is 3.32. The zero-order valence-corrected chi connectivity index (χ0v) is 8.50. The molecule has 1 aliphatic heterocycles. The van der Waals surface area contributed by atoms with Gasteiger partial charge in [0.15, 0.2) is 0 Å². The number of carbonyl (C=O) groups is 2. The van der Waals surface area contributed by atoms with Gasteiger partial charge in [-0.15, -0.1) is 0 Å². The van der Waals surface area contributed by atoms with Crippen molar-refractivity contribution in [3.05, 3.63) is 0 Å². The van der Waals surface area contributed by atoms with Crippen molar-refractivity contribution in [2.75, 3.05) is 20.3 Å². The molecule has 0 bridgehead atoms. The summed E-state index contributed by atoms with van der Waals surface area (Å²) in [5.41, 5.74) is 0. The molecule has 1 N–H and O–H groups in total. The van der Waals surface area contributed by atoms with Gasteiger partial charge in [0.05, 0.1) is 0 Å². The topological polar surface area (TPSA) is 58.6 Å². The molecule has 1 rings (SSSR count). The van der Waals surface area contributed by atoms with Crippen molar-refractivity contribution in [1.29, 1.82) is 0 Å². The summed E-state index contributed by atoms with van der Waals surface area (Å²) in [7, 11) is 1.40. The maximum Gasteiger partial charge on any atom is 0.406 e. The van der Waals surface area contributed by atoms with Crippen LogP contribution in [0.4, 0.5) is 18.0 Å². The highest BCUT2D eigenvalue weighted by Crippen LogP contribution is 2.20. The van der Waals surface area contributed by atoms with Crippen LogP contribution in [-0.4, -0.2) is 49.3 Å². The van der Waals surface area contributed by atoms with Crippen LogP contribution in [0.2, 0.25) is 0 Å². The number of nitrogens with zero attached hydrogens (tertiary/aromatic N) is 1. The fourth-order valence-corrected chi connectivity index (χ4v) is 1.34. The summed E-state index contributed by atoms with van der Waals surface area (Å²) in [6.45, 7) is -1.36. The van der Waals surface area contributed by atoms with E-state index in [4.69, 9.17) is 0 Å². The Morgan fingerprint density at radius 3 is 2.56 bits per heavy atom. The SMILES string of the molecule is COCCC1NC(=O)N(CC(F)(F)F)C1=O. The number of ether oxygens (including phenoxy) is 1. The number of carbonyl (C=O) groups excluding carboxylic acids is 2. The van der Waals surface area contributed by atoms with Crippen LogP contribution in [0.15, 0.2) is 0 Å². The van der Waals surface area contributed by atoms with Crippen molar-refractivity contribution in [2.45, 2.75) is 18.6 Å². The highest BCUT2D eigenvalue weighted by Gasteiger charge is 2.43. The number of methoxy groups -OCH3 is 1. The van der Waals surface area contributed by atoms with Gasteiger partial charge >= 0.3 is 12.2 Å². The van der Waals surface area contributed by atoms with E-state index >= 15 is 0 Å². The van der Waals surface area contributed by atoms with Crippen molar-refractivity contribution in [1.82, 2.24) is 10.2 Å². The Labute approximate surface area is 89.5 Å². The van der Waals surface area contributed by atoms with E-state index in [-0.39, 0.29) is 17.9 Å². The summed E-state index contributed by atoms with van der Waals surface area (Å²) in [6, 6.07) is -1.93. The molecular formula is C8H11F3N2O3. The first kappa shape index (κ1) is 12.8. The molecule has 0 aliphatic carbocycles. The molecule has 1 atom stereocenters. The van der Waals surface area contributed by atoms with Gasteiger partial charge in [-0.25, -0.2) is 4.79 Å². The Morgan fingerprint density at radius 1 is 1.44 bits per heavy atom. The molecule has 3 amide bonds. The van der Waals surface area contributed by atoms with Crippen LogP contribution >= 0.6 is 0 Å². The summed E-state index contributed by atoms with van der Waals surface area (Å²) in [6.07, 6.45) is -4.42. The molecule has 1 saturated heterocycles. The Kier molecular flexibility index (Phi) is 3.74. The normalized spacial score (nSPS) is 21.5. The number of hydrogen-bond acceptors (Lipinski definition) is 3. The van der Waals surface area contributed by atoms with Crippen LogP contribution in [-0.2, 0) is 9.53 Å². The lowest BCUT2D eigenvalue weighted by Gasteiger charge is -2.14. The minimum absolute atomic E-state index is 0.162. The van der Waals surface area contributed by atoms with E-state index in [0.717, 1.165) is 0 Å². The van der Waals surface area contributed by atoms with Gasteiger partial charge in [-0.1, -0.05) is 0 Å². The van der Waals surface area contributed by atoms with Gasteiger partial charge < -0.3 is 10.1 Å². The highest BCUT2D eigenvalue weighted by molar-refractivity contribution is 6.04. The van der Waals surface area contributed by atoms with Gasteiger partial charge in [0.2, 0.25) is 0 Å². The first-order chi connectivity index (χ1) is 7.35. The van der Waals surface area contributed by atoms with Crippen LogP contribution in [0.1, 0.15) is 6.42 Å². The van der Waals surface area contributed by atoms with Gasteiger partial charge in [-0.2, -0.15) is 13.2 Å². The zero-order chi connectivity index (χ0) is 12.3. The predicted molar refractivity (Wildman–Crippen MR) is 46.6 cm³/mol. The molecule has 0 spiro atoms. The number of halogens is 3. The van der Waals surface area contributed by atoms with Gasteiger partial charge in [0.1, 0.15) is 12.6 Å². The fourth-order valence-electron chi connectivity index (χ4n) is 1.34. The van der Waals surface area contributed by atoms with E-state index in [9.17, 15) is 22.8 Å². The van der Waals surface area contributed by atoms with Crippen molar-refractivity contribution in [2.24, 2.45) is 0 Å². The Morgan fingerprint density at radius 2 is 2.06 bits per heavy atom. The summed E-state index contributed by atoms with van der Waals surface area (Å²) >= 11 is 0. The van der Waals surface area contributed by atoms with Gasteiger partial charge in [-0.05, 0) is 0 Å². The third-order valence-corrected chi connectivity index (χ3v) is 2.06. The molecule has 5 nitrogen and oxygen atoms in total. The van der Waals surface area contributed by atoms with Crippen LogP contribution < -0.4 is 5.32 Å². The smallest absolute Gasteiger partial charge is 0.385 e. The minimum Gasteiger partial charge on any atom is -0.385 e. The van der Waals surface area contributed by atoms with E-state index in [2.05, 4.69) is 10.1 Å². The minimum atomic E-state index is -4.58. The summed E-state index contributed by atoms with van der Waals surface area (Å²) < 4.78 is 40.8. The molecule has 1 heterocycles. The standard InChI is InChI=1S/C8H11F3N2O3/c1-16-3-2-5-6(14)13(7(15)12-5)4-8(9,10)11/h5H,2-4H2,1H3,(H,12,15). The third-order valence-electron chi connectivity index (χ3n) is 2.06. The number of hydrogen-bond donors (Lipinski definition) is 1. The fraction of sp³-hybridized carbons (Fsp3) is 0.750. The van der Waals surface area contributed by atoms with Crippen LogP contribution in [0.25, 0.3) is 0 Å². The quantitative estimate of drug-likeness (QED) is 0.728.